The number of rotatable bonds is 3. The number of amides is 1. The first-order valence-corrected chi connectivity index (χ1v) is 8.66. The van der Waals surface area contributed by atoms with E-state index in [9.17, 15) is 4.79 Å². The van der Waals surface area contributed by atoms with Crippen LogP contribution in [0.5, 0.6) is 0 Å². The van der Waals surface area contributed by atoms with Crippen molar-refractivity contribution >= 4 is 11.6 Å². The molecule has 1 saturated heterocycles. The SMILES string of the molecule is Cc1noc([C@H]2CN(CC(=O)N3CCc4ccccc43)C[C@@H](C)O2)n1. The Kier molecular flexibility index (Phi) is 4.27. The molecule has 0 spiro atoms. The average Bonchev–Trinajstić information content (AvgIpc) is 3.20. The van der Waals surface area contributed by atoms with Crippen molar-refractivity contribution in [2.45, 2.75) is 32.5 Å². The van der Waals surface area contributed by atoms with Gasteiger partial charge >= 0.3 is 0 Å². The maximum atomic E-state index is 12.8. The van der Waals surface area contributed by atoms with Crippen LogP contribution in [0.3, 0.4) is 0 Å². The highest BCUT2D eigenvalue weighted by Crippen LogP contribution is 2.28. The van der Waals surface area contributed by atoms with E-state index in [1.54, 1.807) is 6.92 Å². The van der Waals surface area contributed by atoms with Crippen molar-refractivity contribution in [3.8, 4) is 0 Å². The normalized spacial score (nSPS) is 23.7. The smallest absolute Gasteiger partial charge is 0.257 e. The van der Waals surface area contributed by atoms with Crippen LogP contribution in [0.4, 0.5) is 5.69 Å². The van der Waals surface area contributed by atoms with Gasteiger partial charge in [0, 0.05) is 25.3 Å². The van der Waals surface area contributed by atoms with Gasteiger partial charge in [0.15, 0.2) is 5.82 Å². The molecule has 7 heteroatoms. The zero-order chi connectivity index (χ0) is 17.4. The van der Waals surface area contributed by atoms with Gasteiger partial charge in [0.2, 0.25) is 5.91 Å². The summed E-state index contributed by atoms with van der Waals surface area (Å²) in [6.45, 7) is 6.19. The maximum Gasteiger partial charge on any atom is 0.257 e. The van der Waals surface area contributed by atoms with Crippen LogP contribution >= 0.6 is 0 Å². The minimum atomic E-state index is -0.288. The van der Waals surface area contributed by atoms with Crippen LogP contribution in [0.25, 0.3) is 0 Å². The van der Waals surface area contributed by atoms with Gasteiger partial charge in [0.25, 0.3) is 5.89 Å². The first-order chi connectivity index (χ1) is 12.1. The number of fused-ring (bicyclic) bond motifs is 1. The third-order valence-electron chi connectivity index (χ3n) is 4.70. The Morgan fingerprint density at radius 2 is 2.16 bits per heavy atom. The Morgan fingerprint density at radius 3 is 2.96 bits per heavy atom. The number of benzene rings is 1. The summed E-state index contributed by atoms with van der Waals surface area (Å²) < 4.78 is 11.2. The Labute approximate surface area is 146 Å². The maximum absolute atomic E-state index is 12.8. The molecular weight excluding hydrogens is 320 g/mol. The Hall–Kier alpha value is -2.25. The second-order valence-corrected chi connectivity index (χ2v) is 6.73. The summed E-state index contributed by atoms with van der Waals surface area (Å²) in [4.78, 5) is 21.1. The van der Waals surface area contributed by atoms with Crippen LogP contribution in [0.1, 0.15) is 30.3 Å². The predicted octanol–water partition coefficient (Wildman–Crippen LogP) is 1.73. The summed E-state index contributed by atoms with van der Waals surface area (Å²) in [7, 11) is 0. The lowest BCUT2D eigenvalue weighted by molar-refractivity contribution is -0.125. The van der Waals surface area contributed by atoms with E-state index in [1.807, 2.05) is 30.0 Å². The number of morpholine rings is 1. The van der Waals surface area contributed by atoms with Gasteiger partial charge < -0.3 is 14.2 Å². The molecule has 1 fully saturated rings. The molecule has 7 nitrogen and oxygen atoms in total. The Balaban J connectivity index is 1.44. The molecule has 0 unspecified atom stereocenters. The molecule has 1 aromatic carbocycles. The minimum Gasteiger partial charge on any atom is -0.363 e. The fraction of sp³-hybridized carbons (Fsp3) is 0.500. The largest absolute Gasteiger partial charge is 0.363 e. The molecule has 3 heterocycles. The van der Waals surface area contributed by atoms with Gasteiger partial charge in [-0.3, -0.25) is 9.69 Å². The molecule has 2 aromatic rings. The zero-order valence-corrected chi connectivity index (χ0v) is 14.5. The van der Waals surface area contributed by atoms with Crippen LogP contribution in [0.15, 0.2) is 28.8 Å². The number of carbonyl (C=O) groups is 1. The lowest BCUT2D eigenvalue weighted by Gasteiger charge is -2.35. The molecule has 2 atom stereocenters. The third kappa shape index (κ3) is 3.29. The first-order valence-electron chi connectivity index (χ1n) is 8.66. The molecule has 4 rings (SSSR count). The topological polar surface area (TPSA) is 71.7 Å². The van der Waals surface area contributed by atoms with E-state index in [1.165, 1.54) is 5.56 Å². The summed E-state index contributed by atoms with van der Waals surface area (Å²) in [6.07, 6.45) is 0.638. The van der Waals surface area contributed by atoms with Crippen LogP contribution in [0, 0.1) is 6.92 Å². The van der Waals surface area contributed by atoms with Crippen molar-refractivity contribution in [2.24, 2.45) is 0 Å². The lowest BCUT2D eigenvalue weighted by Crippen LogP contribution is -2.48. The third-order valence-corrected chi connectivity index (χ3v) is 4.70. The number of anilines is 1. The second-order valence-electron chi connectivity index (χ2n) is 6.73. The number of para-hydroxylation sites is 1. The highest BCUT2D eigenvalue weighted by molar-refractivity contribution is 5.96. The van der Waals surface area contributed by atoms with Gasteiger partial charge in [-0.1, -0.05) is 23.4 Å². The van der Waals surface area contributed by atoms with Gasteiger partial charge in [-0.15, -0.1) is 0 Å². The van der Waals surface area contributed by atoms with E-state index < -0.39 is 0 Å². The highest BCUT2D eigenvalue weighted by Gasteiger charge is 2.33. The molecule has 0 radical (unpaired) electrons. The molecule has 1 amide bonds. The van der Waals surface area contributed by atoms with Gasteiger partial charge in [-0.05, 0) is 31.9 Å². The van der Waals surface area contributed by atoms with Crippen LogP contribution < -0.4 is 4.90 Å². The Bertz CT molecular complexity index is 775. The van der Waals surface area contributed by atoms with E-state index in [2.05, 4.69) is 21.1 Å². The van der Waals surface area contributed by atoms with Crippen molar-refractivity contribution in [3.63, 3.8) is 0 Å². The van der Waals surface area contributed by atoms with Crippen LogP contribution in [-0.2, 0) is 16.0 Å². The number of ether oxygens (including phenoxy) is 1. The standard InChI is InChI=1S/C18H22N4O3/c1-12-9-21(10-16(24-12)18-19-13(2)20-25-18)11-17(23)22-8-7-14-5-3-4-6-15(14)22/h3-6,12,16H,7-11H2,1-2H3/t12-,16-/m1/s1. The number of hydrogen-bond donors (Lipinski definition) is 0. The van der Waals surface area contributed by atoms with E-state index >= 15 is 0 Å². The van der Waals surface area contributed by atoms with Crippen molar-refractivity contribution in [1.29, 1.82) is 0 Å². The van der Waals surface area contributed by atoms with Gasteiger partial charge in [-0.25, -0.2) is 0 Å². The fourth-order valence-corrected chi connectivity index (χ4v) is 3.62. The molecule has 0 aliphatic carbocycles. The molecule has 2 aliphatic rings. The van der Waals surface area contributed by atoms with Crippen molar-refractivity contribution in [3.05, 3.63) is 41.5 Å². The predicted molar refractivity (Wildman–Crippen MR) is 91.3 cm³/mol. The molecule has 1 aromatic heterocycles. The number of carbonyl (C=O) groups excluding carboxylic acids is 1. The molecule has 25 heavy (non-hydrogen) atoms. The summed E-state index contributed by atoms with van der Waals surface area (Å²) in [6, 6.07) is 8.11. The van der Waals surface area contributed by atoms with E-state index in [0.29, 0.717) is 31.3 Å². The van der Waals surface area contributed by atoms with Crippen LogP contribution in [0.2, 0.25) is 0 Å². The van der Waals surface area contributed by atoms with Crippen molar-refractivity contribution < 1.29 is 14.1 Å². The second kappa shape index (κ2) is 6.57. The Morgan fingerprint density at radius 1 is 1.32 bits per heavy atom. The summed E-state index contributed by atoms with van der Waals surface area (Å²) in [5.74, 6) is 1.20. The van der Waals surface area contributed by atoms with Gasteiger partial charge in [0.1, 0.15) is 6.10 Å². The fourth-order valence-electron chi connectivity index (χ4n) is 3.62. The highest BCUT2D eigenvalue weighted by atomic mass is 16.5. The number of aromatic nitrogens is 2. The van der Waals surface area contributed by atoms with Gasteiger partial charge in [0.05, 0.1) is 12.6 Å². The van der Waals surface area contributed by atoms with Crippen LogP contribution in [-0.4, -0.2) is 53.2 Å². The quantitative estimate of drug-likeness (QED) is 0.846. The molecule has 0 N–H and O–H groups in total. The molecule has 0 saturated carbocycles. The summed E-state index contributed by atoms with van der Waals surface area (Å²) in [5, 5.41) is 3.83. The summed E-state index contributed by atoms with van der Waals surface area (Å²) >= 11 is 0. The molecule has 0 bridgehead atoms. The molecule has 132 valence electrons. The van der Waals surface area contributed by atoms with Crippen molar-refractivity contribution in [1.82, 2.24) is 15.0 Å². The number of nitrogens with zero attached hydrogens (tertiary/aromatic N) is 4. The monoisotopic (exact) mass is 342 g/mol. The van der Waals surface area contributed by atoms with Gasteiger partial charge in [-0.2, -0.15) is 4.98 Å². The van der Waals surface area contributed by atoms with E-state index in [0.717, 1.165) is 18.7 Å². The number of aryl methyl sites for hydroxylation is 1. The van der Waals surface area contributed by atoms with E-state index in [4.69, 9.17) is 9.26 Å². The minimum absolute atomic E-state index is 0.00428. The molecular formula is C18H22N4O3. The average molecular weight is 342 g/mol. The number of hydrogen-bond acceptors (Lipinski definition) is 6. The zero-order valence-electron chi connectivity index (χ0n) is 14.5. The molecule has 2 aliphatic heterocycles. The lowest BCUT2D eigenvalue weighted by atomic mass is 10.2. The summed E-state index contributed by atoms with van der Waals surface area (Å²) in [5.41, 5.74) is 2.28. The van der Waals surface area contributed by atoms with E-state index in [-0.39, 0.29) is 18.1 Å². The van der Waals surface area contributed by atoms with Crippen molar-refractivity contribution in [2.75, 3.05) is 31.1 Å². The first kappa shape index (κ1) is 16.2.